The van der Waals surface area contributed by atoms with Gasteiger partial charge in [-0.1, -0.05) is 0 Å². The van der Waals surface area contributed by atoms with Crippen LogP contribution in [0.25, 0.3) is 0 Å². The van der Waals surface area contributed by atoms with E-state index in [9.17, 15) is 19.3 Å². The van der Waals surface area contributed by atoms with Crippen molar-refractivity contribution in [1.29, 1.82) is 0 Å². The fourth-order valence-corrected chi connectivity index (χ4v) is 2.10. The summed E-state index contributed by atoms with van der Waals surface area (Å²) < 4.78 is 12.9. The molecular formula is C10H10FNO4S. The molecule has 0 heterocycles. The van der Waals surface area contributed by atoms with Crippen LogP contribution in [-0.4, -0.2) is 21.8 Å². The number of aliphatic carboxylic acids is 1. The van der Waals surface area contributed by atoms with Gasteiger partial charge in [0, 0.05) is 23.1 Å². The number of nitrogens with zero attached hydrogens (tertiary/aromatic N) is 1. The van der Waals surface area contributed by atoms with Crippen LogP contribution in [0, 0.1) is 15.9 Å². The Kier molecular flexibility index (Phi) is 4.89. The van der Waals surface area contributed by atoms with Gasteiger partial charge in [-0.3, -0.25) is 14.9 Å². The third kappa shape index (κ3) is 4.39. The van der Waals surface area contributed by atoms with E-state index >= 15 is 0 Å². The third-order valence-electron chi connectivity index (χ3n) is 1.96. The van der Waals surface area contributed by atoms with Gasteiger partial charge in [0.1, 0.15) is 5.82 Å². The molecule has 0 unspecified atom stereocenters. The molecule has 0 radical (unpaired) electrons. The summed E-state index contributed by atoms with van der Waals surface area (Å²) in [6.07, 6.45) is -0.0201. The van der Waals surface area contributed by atoms with E-state index in [-0.39, 0.29) is 23.4 Å². The average molecular weight is 259 g/mol. The highest BCUT2D eigenvalue weighted by atomic mass is 32.2. The number of nitro benzene ring substituents is 1. The first-order valence-electron chi connectivity index (χ1n) is 4.73. The summed E-state index contributed by atoms with van der Waals surface area (Å²) in [5, 5.41) is 19.1. The van der Waals surface area contributed by atoms with Crippen LogP contribution in [-0.2, 0) is 10.5 Å². The van der Waals surface area contributed by atoms with Gasteiger partial charge in [0.25, 0.3) is 5.69 Å². The molecule has 7 heteroatoms. The maximum absolute atomic E-state index is 12.9. The van der Waals surface area contributed by atoms with Crippen LogP contribution in [0.15, 0.2) is 18.2 Å². The van der Waals surface area contributed by atoms with Gasteiger partial charge in [0.15, 0.2) is 0 Å². The normalized spacial score (nSPS) is 10.2. The first-order valence-corrected chi connectivity index (χ1v) is 5.88. The second-order valence-corrected chi connectivity index (χ2v) is 4.33. The summed E-state index contributed by atoms with van der Waals surface area (Å²) >= 11 is 1.22. The molecule has 0 saturated carbocycles. The standard InChI is InChI=1S/C10H10FNO4S/c11-8-1-2-9(12(15)16)7(5-8)6-17-4-3-10(13)14/h1-2,5H,3-4,6H2,(H,13,14). The minimum absolute atomic E-state index is 0.0201. The van der Waals surface area contributed by atoms with Crippen LogP contribution < -0.4 is 0 Å². The fraction of sp³-hybridized carbons (Fsp3) is 0.300. The summed E-state index contributed by atoms with van der Waals surface area (Å²) in [7, 11) is 0. The Labute approximate surface area is 101 Å². The lowest BCUT2D eigenvalue weighted by molar-refractivity contribution is -0.385. The molecule has 0 atom stereocenters. The first kappa shape index (κ1) is 13.4. The van der Waals surface area contributed by atoms with Crippen molar-refractivity contribution in [3.05, 3.63) is 39.7 Å². The van der Waals surface area contributed by atoms with Crippen LogP contribution in [0.4, 0.5) is 10.1 Å². The number of carboxylic acid groups (broad SMARTS) is 1. The van der Waals surface area contributed by atoms with Crippen LogP contribution >= 0.6 is 11.8 Å². The van der Waals surface area contributed by atoms with E-state index in [2.05, 4.69) is 0 Å². The highest BCUT2D eigenvalue weighted by Gasteiger charge is 2.14. The molecule has 1 aromatic carbocycles. The number of thioether (sulfide) groups is 1. The quantitative estimate of drug-likeness (QED) is 0.482. The van der Waals surface area contributed by atoms with Crippen molar-refractivity contribution < 1.29 is 19.2 Å². The van der Waals surface area contributed by atoms with Gasteiger partial charge in [0.05, 0.1) is 11.3 Å². The summed E-state index contributed by atoms with van der Waals surface area (Å²) in [5.74, 6) is -0.902. The number of carbonyl (C=O) groups is 1. The van der Waals surface area contributed by atoms with Crippen LogP contribution in [0.2, 0.25) is 0 Å². The van der Waals surface area contributed by atoms with Gasteiger partial charge >= 0.3 is 5.97 Å². The predicted octanol–water partition coefficient (Wildman–Crippen LogP) is 2.44. The minimum Gasteiger partial charge on any atom is -0.481 e. The Morgan fingerprint density at radius 1 is 1.53 bits per heavy atom. The molecular weight excluding hydrogens is 249 g/mol. The fourth-order valence-electron chi connectivity index (χ4n) is 1.19. The molecule has 1 rings (SSSR count). The van der Waals surface area contributed by atoms with E-state index in [0.29, 0.717) is 5.75 Å². The molecule has 0 fully saturated rings. The number of carboxylic acids is 1. The third-order valence-corrected chi connectivity index (χ3v) is 2.96. The van der Waals surface area contributed by atoms with E-state index in [1.807, 2.05) is 0 Å². The monoisotopic (exact) mass is 259 g/mol. The zero-order chi connectivity index (χ0) is 12.8. The molecule has 0 spiro atoms. The van der Waals surface area contributed by atoms with Crippen molar-refractivity contribution in [2.75, 3.05) is 5.75 Å². The van der Waals surface area contributed by atoms with E-state index < -0.39 is 16.7 Å². The van der Waals surface area contributed by atoms with Gasteiger partial charge in [0.2, 0.25) is 0 Å². The highest BCUT2D eigenvalue weighted by molar-refractivity contribution is 7.98. The topological polar surface area (TPSA) is 80.4 Å². The van der Waals surface area contributed by atoms with Crippen molar-refractivity contribution in [2.45, 2.75) is 12.2 Å². The molecule has 0 bridgehead atoms. The van der Waals surface area contributed by atoms with Crippen LogP contribution in [0.5, 0.6) is 0 Å². The Hall–Kier alpha value is -1.63. The number of nitro groups is 1. The van der Waals surface area contributed by atoms with Crippen LogP contribution in [0.1, 0.15) is 12.0 Å². The Bertz CT molecular complexity index is 438. The minimum atomic E-state index is -0.925. The summed E-state index contributed by atoms with van der Waals surface area (Å²) in [4.78, 5) is 20.3. The lowest BCUT2D eigenvalue weighted by Crippen LogP contribution is -1.98. The molecule has 0 aliphatic heterocycles. The molecule has 0 amide bonds. The summed E-state index contributed by atoms with van der Waals surface area (Å²) in [6, 6.07) is 3.25. The largest absolute Gasteiger partial charge is 0.481 e. The Balaban J connectivity index is 2.65. The van der Waals surface area contributed by atoms with Gasteiger partial charge in [-0.2, -0.15) is 11.8 Å². The molecule has 0 aromatic heterocycles. The Morgan fingerprint density at radius 2 is 2.24 bits per heavy atom. The maximum Gasteiger partial charge on any atom is 0.304 e. The zero-order valence-corrected chi connectivity index (χ0v) is 9.58. The van der Waals surface area contributed by atoms with Crippen molar-refractivity contribution >= 4 is 23.4 Å². The number of hydrogen-bond donors (Lipinski definition) is 1. The van der Waals surface area contributed by atoms with E-state index in [1.54, 1.807) is 0 Å². The maximum atomic E-state index is 12.9. The number of benzene rings is 1. The average Bonchev–Trinajstić information content (AvgIpc) is 2.23. The molecule has 0 saturated heterocycles. The first-order chi connectivity index (χ1) is 8.00. The second kappa shape index (κ2) is 6.19. The van der Waals surface area contributed by atoms with Gasteiger partial charge in [-0.15, -0.1) is 0 Å². The molecule has 17 heavy (non-hydrogen) atoms. The van der Waals surface area contributed by atoms with Gasteiger partial charge in [-0.05, 0) is 12.1 Å². The van der Waals surface area contributed by atoms with Gasteiger partial charge < -0.3 is 5.11 Å². The molecule has 1 N–H and O–H groups in total. The molecule has 0 aliphatic rings. The van der Waals surface area contributed by atoms with Gasteiger partial charge in [-0.25, -0.2) is 4.39 Å². The second-order valence-electron chi connectivity index (χ2n) is 3.23. The zero-order valence-electron chi connectivity index (χ0n) is 8.76. The molecule has 5 nitrogen and oxygen atoms in total. The number of hydrogen-bond acceptors (Lipinski definition) is 4. The summed E-state index contributed by atoms with van der Waals surface area (Å²) in [6.45, 7) is 0. The predicted molar refractivity (Wildman–Crippen MR) is 61.5 cm³/mol. The van der Waals surface area contributed by atoms with Crippen molar-refractivity contribution in [2.24, 2.45) is 0 Å². The number of rotatable bonds is 6. The van der Waals surface area contributed by atoms with Crippen molar-refractivity contribution in [3.8, 4) is 0 Å². The molecule has 0 aliphatic carbocycles. The van der Waals surface area contributed by atoms with Crippen molar-refractivity contribution in [3.63, 3.8) is 0 Å². The Morgan fingerprint density at radius 3 is 2.82 bits per heavy atom. The summed E-state index contributed by atoms with van der Waals surface area (Å²) in [5.41, 5.74) is 0.125. The van der Waals surface area contributed by atoms with E-state index in [1.165, 1.54) is 11.8 Å². The SMILES string of the molecule is O=C(O)CCSCc1cc(F)ccc1[N+](=O)[O-]. The van der Waals surface area contributed by atoms with E-state index in [4.69, 9.17) is 5.11 Å². The smallest absolute Gasteiger partial charge is 0.304 e. The van der Waals surface area contributed by atoms with E-state index in [0.717, 1.165) is 18.2 Å². The highest BCUT2D eigenvalue weighted by Crippen LogP contribution is 2.24. The molecule has 92 valence electrons. The lowest BCUT2D eigenvalue weighted by Gasteiger charge is -2.02. The lowest BCUT2D eigenvalue weighted by atomic mass is 10.2. The van der Waals surface area contributed by atoms with Crippen molar-refractivity contribution in [1.82, 2.24) is 0 Å². The molecule has 1 aromatic rings. The number of halogens is 1. The van der Waals surface area contributed by atoms with Crippen LogP contribution in [0.3, 0.4) is 0 Å².